The fraction of sp³-hybridized carbons (Fsp3) is 0.0455. The van der Waals surface area contributed by atoms with Crippen molar-refractivity contribution in [3.05, 3.63) is 54.6 Å². The molecule has 0 fully saturated rings. The van der Waals surface area contributed by atoms with Gasteiger partial charge in [0.2, 0.25) is 0 Å². The molecule has 0 spiro atoms. The summed E-state index contributed by atoms with van der Waals surface area (Å²) < 4.78 is 5.80. The second-order valence-corrected chi connectivity index (χ2v) is 8.40. The number of esters is 1. The maximum absolute atomic E-state index is 12.4. The van der Waals surface area contributed by atoms with Crippen LogP contribution in [0.5, 0.6) is 5.75 Å². The highest BCUT2D eigenvalue weighted by molar-refractivity contribution is 7.86. The minimum Gasteiger partial charge on any atom is -0.422 e. The predicted molar refractivity (Wildman–Crippen MR) is 128 cm³/mol. The third kappa shape index (κ3) is 3.08. The molecule has 4 rings (SSSR count). The summed E-state index contributed by atoms with van der Waals surface area (Å²) >= 11 is 18.3. The fourth-order valence-electron chi connectivity index (χ4n) is 3.24. The first-order valence-corrected chi connectivity index (χ1v) is 10.2. The molecule has 0 aliphatic heterocycles. The van der Waals surface area contributed by atoms with Gasteiger partial charge in [-0.2, -0.15) is 0 Å². The van der Waals surface area contributed by atoms with Gasteiger partial charge >= 0.3 is 5.97 Å². The second-order valence-electron chi connectivity index (χ2n) is 6.61. The molecule has 0 saturated carbocycles. The van der Waals surface area contributed by atoms with Crippen LogP contribution in [0, 0.1) is 0 Å². The standard InChI is InChI=1S/C22H16O2S4/c1-10(2)22(23)24-17-14-8-12-6-4-3-5-11(12)7-13(14)9-15-16(17)19(26)21(28)20(27)18(15)25/h3-9,25-28H,1H2,2H3. The molecule has 4 aromatic rings. The van der Waals surface area contributed by atoms with Gasteiger partial charge < -0.3 is 4.74 Å². The summed E-state index contributed by atoms with van der Waals surface area (Å²) in [6.07, 6.45) is 0. The summed E-state index contributed by atoms with van der Waals surface area (Å²) in [7, 11) is 0. The van der Waals surface area contributed by atoms with Crippen molar-refractivity contribution >= 4 is 88.8 Å². The molecule has 0 atom stereocenters. The molecule has 0 radical (unpaired) electrons. The smallest absolute Gasteiger partial charge is 0.338 e. The van der Waals surface area contributed by atoms with Gasteiger partial charge in [-0.3, -0.25) is 0 Å². The van der Waals surface area contributed by atoms with Gasteiger partial charge in [0.05, 0.1) is 0 Å². The highest BCUT2D eigenvalue weighted by Gasteiger charge is 2.21. The number of benzene rings is 4. The van der Waals surface area contributed by atoms with Gasteiger partial charge in [-0.05, 0) is 41.3 Å². The zero-order chi connectivity index (χ0) is 20.2. The summed E-state index contributed by atoms with van der Waals surface area (Å²) in [6.45, 7) is 5.31. The Bertz CT molecular complexity index is 1330. The van der Waals surface area contributed by atoms with Crippen LogP contribution in [0.4, 0.5) is 0 Å². The van der Waals surface area contributed by atoms with Gasteiger partial charge in [0, 0.05) is 41.3 Å². The zero-order valence-electron chi connectivity index (χ0n) is 14.9. The van der Waals surface area contributed by atoms with Crippen molar-refractivity contribution in [2.45, 2.75) is 26.5 Å². The average Bonchev–Trinajstić information content (AvgIpc) is 2.68. The fourth-order valence-corrected chi connectivity index (χ4v) is 4.49. The van der Waals surface area contributed by atoms with Crippen LogP contribution in [0.3, 0.4) is 0 Å². The summed E-state index contributed by atoms with van der Waals surface area (Å²) in [5.74, 6) is -0.0683. The molecule has 0 bridgehead atoms. The van der Waals surface area contributed by atoms with Gasteiger partial charge in [0.15, 0.2) is 0 Å². The molecule has 0 aromatic heterocycles. The monoisotopic (exact) mass is 440 g/mol. The second kappa shape index (κ2) is 7.26. The van der Waals surface area contributed by atoms with Crippen LogP contribution in [0.25, 0.3) is 32.3 Å². The van der Waals surface area contributed by atoms with E-state index >= 15 is 0 Å². The number of hydrogen-bond acceptors (Lipinski definition) is 6. The molecular weight excluding hydrogens is 425 g/mol. The van der Waals surface area contributed by atoms with Gasteiger partial charge in [-0.25, -0.2) is 4.79 Å². The molecule has 6 heteroatoms. The first-order valence-electron chi connectivity index (χ1n) is 8.42. The van der Waals surface area contributed by atoms with Crippen LogP contribution >= 0.6 is 50.5 Å². The van der Waals surface area contributed by atoms with E-state index in [0.717, 1.165) is 26.9 Å². The lowest BCUT2D eigenvalue weighted by molar-refractivity contribution is -0.129. The molecule has 0 unspecified atom stereocenters. The molecule has 0 saturated heterocycles. The molecule has 28 heavy (non-hydrogen) atoms. The molecule has 0 heterocycles. The van der Waals surface area contributed by atoms with Crippen LogP contribution in [0.1, 0.15) is 6.92 Å². The molecule has 140 valence electrons. The highest BCUT2D eigenvalue weighted by Crippen LogP contribution is 2.47. The number of hydrogen-bond donors (Lipinski definition) is 4. The zero-order valence-corrected chi connectivity index (χ0v) is 18.4. The number of ether oxygens (including phenoxy) is 1. The van der Waals surface area contributed by atoms with E-state index in [4.69, 9.17) is 4.74 Å². The number of rotatable bonds is 2. The quantitative estimate of drug-likeness (QED) is 0.0909. The van der Waals surface area contributed by atoms with E-state index in [0.29, 0.717) is 36.3 Å². The van der Waals surface area contributed by atoms with Crippen LogP contribution in [0.15, 0.2) is 74.2 Å². The summed E-state index contributed by atoms with van der Waals surface area (Å²) in [5, 5.41) is 5.35. The first kappa shape index (κ1) is 19.6. The maximum Gasteiger partial charge on any atom is 0.338 e. The van der Waals surface area contributed by atoms with Crippen molar-refractivity contribution in [1.82, 2.24) is 0 Å². The summed E-state index contributed by atoms with van der Waals surface area (Å²) in [5.41, 5.74) is 0.315. The summed E-state index contributed by atoms with van der Waals surface area (Å²) in [4.78, 5) is 14.9. The number of carbonyl (C=O) groups is 1. The van der Waals surface area contributed by atoms with Crippen molar-refractivity contribution in [2.24, 2.45) is 0 Å². The third-order valence-electron chi connectivity index (χ3n) is 4.67. The van der Waals surface area contributed by atoms with E-state index in [1.807, 2.05) is 36.4 Å². The Morgan fingerprint density at radius 1 is 0.821 bits per heavy atom. The Morgan fingerprint density at radius 2 is 1.39 bits per heavy atom. The number of thiol groups is 4. The third-order valence-corrected chi connectivity index (χ3v) is 7.00. The van der Waals surface area contributed by atoms with Crippen molar-refractivity contribution in [3.63, 3.8) is 0 Å². The molecule has 0 aliphatic carbocycles. The lowest BCUT2D eigenvalue weighted by atomic mass is 9.98. The Balaban J connectivity index is 2.23. The Kier molecular flexibility index (Phi) is 5.08. The summed E-state index contributed by atoms with van der Waals surface area (Å²) in [6, 6.07) is 14.1. The van der Waals surface area contributed by atoms with E-state index in [9.17, 15) is 4.79 Å². The Labute approximate surface area is 184 Å². The molecule has 0 N–H and O–H groups in total. The molecular formula is C22H16O2S4. The van der Waals surface area contributed by atoms with Crippen LogP contribution < -0.4 is 4.74 Å². The van der Waals surface area contributed by atoms with E-state index in [2.05, 4.69) is 63.2 Å². The van der Waals surface area contributed by atoms with Gasteiger partial charge in [-0.15, -0.1) is 50.5 Å². The van der Waals surface area contributed by atoms with Crippen molar-refractivity contribution < 1.29 is 9.53 Å². The Hall–Kier alpha value is -1.73. The lowest BCUT2D eigenvalue weighted by Gasteiger charge is -2.18. The van der Waals surface area contributed by atoms with E-state index in [1.54, 1.807) is 6.92 Å². The van der Waals surface area contributed by atoms with Crippen LogP contribution in [-0.4, -0.2) is 5.97 Å². The minimum atomic E-state index is -0.494. The molecule has 0 aliphatic rings. The number of fused-ring (bicyclic) bond motifs is 3. The normalized spacial score (nSPS) is 11.3. The lowest BCUT2D eigenvalue weighted by Crippen LogP contribution is -2.09. The number of carbonyl (C=O) groups excluding carboxylic acids is 1. The maximum atomic E-state index is 12.4. The van der Waals surface area contributed by atoms with E-state index in [1.165, 1.54) is 0 Å². The van der Waals surface area contributed by atoms with E-state index in [-0.39, 0.29) is 0 Å². The highest BCUT2D eigenvalue weighted by atomic mass is 32.1. The Morgan fingerprint density at radius 3 is 2.04 bits per heavy atom. The minimum absolute atomic E-state index is 0.315. The van der Waals surface area contributed by atoms with Gasteiger partial charge in [0.1, 0.15) is 5.75 Å². The SMILES string of the molecule is C=C(C)C(=O)Oc1c2cc3ccccc3cc2cc2c(S)c(S)c(S)c(S)c12. The van der Waals surface area contributed by atoms with Crippen molar-refractivity contribution in [3.8, 4) is 5.75 Å². The first-order chi connectivity index (χ1) is 13.3. The van der Waals surface area contributed by atoms with Crippen molar-refractivity contribution in [1.29, 1.82) is 0 Å². The van der Waals surface area contributed by atoms with E-state index < -0.39 is 5.97 Å². The van der Waals surface area contributed by atoms with Crippen LogP contribution in [0.2, 0.25) is 0 Å². The van der Waals surface area contributed by atoms with Gasteiger partial charge in [-0.1, -0.05) is 30.8 Å². The molecule has 0 amide bonds. The molecule has 2 nitrogen and oxygen atoms in total. The molecule has 4 aromatic carbocycles. The largest absolute Gasteiger partial charge is 0.422 e. The predicted octanol–water partition coefficient (Wildman–Crippen LogP) is 6.78. The van der Waals surface area contributed by atoms with Crippen LogP contribution in [-0.2, 0) is 4.79 Å². The van der Waals surface area contributed by atoms with Crippen molar-refractivity contribution in [2.75, 3.05) is 0 Å². The topological polar surface area (TPSA) is 26.3 Å². The average molecular weight is 441 g/mol. The van der Waals surface area contributed by atoms with Gasteiger partial charge in [0.25, 0.3) is 0 Å².